The Morgan fingerprint density at radius 3 is 2.85 bits per heavy atom. The van der Waals surface area contributed by atoms with E-state index in [0.717, 1.165) is 38.1 Å². The van der Waals surface area contributed by atoms with Gasteiger partial charge >= 0.3 is 0 Å². The van der Waals surface area contributed by atoms with Crippen molar-refractivity contribution in [3.8, 4) is 0 Å². The molecule has 2 amide bonds. The molecule has 0 aromatic rings. The second-order valence-electron chi connectivity index (χ2n) is 5.86. The Morgan fingerprint density at radius 2 is 2.05 bits per heavy atom. The zero-order valence-corrected chi connectivity index (χ0v) is 12.8. The average molecular weight is 297 g/mol. The Morgan fingerprint density at radius 1 is 1.25 bits per heavy atom. The summed E-state index contributed by atoms with van der Waals surface area (Å²) >= 11 is 1.70. The summed E-state index contributed by atoms with van der Waals surface area (Å²) in [5, 5.41) is 3.42. The van der Waals surface area contributed by atoms with Crippen LogP contribution in [0.15, 0.2) is 0 Å². The number of rotatable bonds is 2. The first-order valence-corrected chi connectivity index (χ1v) is 8.78. The molecule has 3 rings (SSSR count). The summed E-state index contributed by atoms with van der Waals surface area (Å²) in [7, 11) is 0. The van der Waals surface area contributed by atoms with E-state index < -0.39 is 0 Å². The molecular weight excluding hydrogens is 274 g/mol. The van der Waals surface area contributed by atoms with Crippen molar-refractivity contribution in [3.63, 3.8) is 0 Å². The largest absolute Gasteiger partial charge is 0.334 e. The van der Waals surface area contributed by atoms with Crippen molar-refractivity contribution >= 4 is 23.6 Å². The molecule has 5 nitrogen and oxygen atoms in total. The van der Waals surface area contributed by atoms with E-state index in [4.69, 9.17) is 0 Å². The second-order valence-corrected chi connectivity index (χ2v) is 6.86. The molecule has 0 spiro atoms. The zero-order chi connectivity index (χ0) is 14.1. The lowest BCUT2D eigenvalue weighted by molar-refractivity contribution is -0.145. The van der Waals surface area contributed by atoms with Crippen molar-refractivity contribution in [3.05, 3.63) is 0 Å². The molecule has 3 aliphatic rings. The topological polar surface area (TPSA) is 52.7 Å². The molecule has 0 saturated carbocycles. The third kappa shape index (κ3) is 2.44. The van der Waals surface area contributed by atoms with Crippen LogP contribution in [-0.2, 0) is 9.59 Å². The number of carbonyl (C=O) groups excluding carboxylic acids is 2. The summed E-state index contributed by atoms with van der Waals surface area (Å²) in [6, 6.07) is 0.486. The van der Waals surface area contributed by atoms with Crippen molar-refractivity contribution in [2.24, 2.45) is 0 Å². The highest BCUT2D eigenvalue weighted by molar-refractivity contribution is 7.99. The van der Waals surface area contributed by atoms with Crippen LogP contribution in [0, 0.1) is 0 Å². The van der Waals surface area contributed by atoms with Crippen molar-refractivity contribution < 1.29 is 9.59 Å². The molecule has 3 aliphatic heterocycles. The monoisotopic (exact) mass is 297 g/mol. The van der Waals surface area contributed by atoms with E-state index in [0.29, 0.717) is 24.4 Å². The molecule has 6 heteroatoms. The zero-order valence-electron chi connectivity index (χ0n) is 12.0. The van der Waals surface area contributed by atoms with E-state index in [1.807, 2.05) is 6.92 Å². The number of amides is 2. The fourth-order valence-corrected chi connectivity index (χ4v) is 4.78. The minimum atomic E-state index is -0.228. The molecule has 3 fully saturated rings. The lowest BCUT2D eigenvalue weighted by Crippen LogP contribution is -2.53. The molecule has 20 heavy (non-hydrogen) atoms. The van der Waals surface area contributed by atoms with Crippen LogP contribution in [-0.4, -0.2) is 64.5 Å². The number of hydrogen-bond acceptors (Lipinski definition) is 4. The molecule has 0 aliphatic carbocycles. The first kappa shape index (κ1) is 14.2. The lowest BCUT2D eigenvalue weighted by Gasteiger charge is -2.33. The maximum atomic E-state index is 12.9. The maximum Gasteiger partial charge on any atom is 0.246 e. The number of hydrogen-bond donors (Lipinski definition) is 1. The summed E-state index contributed by atoms with van der Waals surface area (Å²) in [6.07, 6.45) is 3.76. The highest BCUT2D eigenvalue weighted by Gasteiger charge is 2.44. The summed E-state index contributed by atoms with van der Waals surface area (Å²) in [6.45, 7) is 3.78. The molecule has 3 heterocycles. The van der Waals surface area contributed by atoms with Crippen molar-refractivity contribution in [2.45, 2.75) is 50.7 Å². The van der Waals surface area contributed by atoms with E-state index in [-0.39, 0.29) is 17.9 Å². The van der Waals surface area contributed by atoms with Gasteiger partial charge in [0.15, 0.2) is 0 Å². The molecule has 0 aromatic heterocycles. The van der Waals surface area contributed by atoms with E-state index >= 15 is 0 Å². The van der Waals surface area contributed by atoms with Gasteiger partial charge in [-0.1, -0.05) is 6.92 Å². The fraction of sp³-hybridized carbons (Fsp3) is 0.857. The van der Waals surface area contributed by atoms with Crippen LogP contribution >= 0.6 is 11.8 Å². The molecule has 3 atom stereocenters. The third-order valence-corrected chi connectivity index (χ3v) is 5.71. The molecule has 112 valence electrons. The smallest absolute Gasteiger partial charge is 0.246 e. The van der Waals surface area contributed by atoms with Crippen molar-refractivity contribution in [1.82, 2.24) is 15.1 Å². The predicted octanol–water partition coefficient (Wildman–Crippen LogP) is 0.651. The maximum absolute atomic E-state index is 12.9. The van der Waals surface area contributed by atoms with Gasteiger partial charge in [-0.05, 0) is 25.8 Å². The van der Waals surface area contributed by atoms with E-state index in [1.54, 1.807) is 16.7 Å². The van der Waals surface area contributed by atoms with Gasteiger partial charge < -0.3 is 15.1 Å². The van der Waals surface area contributed by atoms with Crippen LogP contribution in [0.4, 0.5) is 0 Å². The van der Waals surface area contributed by atoms with Gasteiger partial charge in [0, 0.05) is 30.8 Å². The average Bonchev–Trinajstić information content (AvgIpc) is 3.01. The highest BCUT2D eigenvalue weighted by Crippen LogP contribution is 2.31. The standard InChI is InChI=1S/C14H23N3O2S/c1-2-13(18)16-9-20-8-12(16)14(19)17-10-3-4-11(17)7-15-6-5-10/h10-12,15H,2-9H2,1H3. The molecule has 3 saturated heterocycles. The Hall–Kier alpha value is -0.750. The molecule has 0 aromatic carbocycles. The fourth-order valence-electron chi connectivity index (χ4n) is 3.61. The summed E-state index contributed by atoms with van der Waals surface area (Å²) in [5.74, 6) is 1.72. The summed E-state index contributed by atoms with van der Waals surface area (Å²) < 4.78 is 0. The first-order chi connectivity index (χ1) is 9.72. The summed E-state index contributed by atoms with van der Waals surface area (Å²) in [5.41, 5.74) is 0. The van der Waals surface area contributed by atoms with Gasteiger partial charge in [-0.25, -0.2) is 0 Å². The van der Waals surface area contributed by atoms with Crippen molar-refractivity contribution in [1.29, 1.82) is 0 Å². The SMILES string of the molecule is CCC(=O)N1CSCC1C(=O)N1C2CCNCC1CC2. The van der Waals surface area contributed by atoms with Gasteiger partial charge in [-0.3, -0.25) is 9.59 Å². The minimum Gasteiger partial charge on any atom is -0.334 e. The lowest BCUT2D eigenvalue weighted by atomic mass is 10.1. The molecule has 0 radical (unpaired) electrons. The Balaban J connectivity index is 1.76. The van der Waals surface area contributed by atoms with Gasteiger partial charge in [-0.2, -0.15) is 0 Å². The van der Waals surface area contributed by atoms with E-state index in [1.165, 1.54) is 0 Å². The Kier molecular flexibility index (Phi) is 4.21. The molecule has 2 bridgehead atoms. The van der Waals surface area contributed by atoms with Crippen LogP contribution in [0.1, 0.15) is 32.6 Å². The number of nitrogens with one attached hydrogen (secondary N) is 1. The van der Waals surface area contributed by atoms with Crippen LogP contribution in [0.2, 0.25) is 0 Å². The predicted molar refractivity (Wildman–Crippen MR) is 79.4 cm³/mol. The van der Waals surface area contributed by atoms with Crippen LogP contribution < -0.4 is 5.32 Å². The minimum absolute atomic E-state index is 0.105. The van der Waals surface area contributed by atoms with Gasteiger partial charge in [-0.15, -0.1) is 11.8 Å². The molecule has 3 unspecified atom stereocenters. The quantitative estimate of drug-likeness (QED) is 0.813. The van der Waals surface area contributed by atoms with Gasteiger partial charge in [0.2, 0.25) is 11.8 Å². The van der Waals surface area contributed by atoms with Crippen molar-refractivity contribution in [2.75, 3.05) is 24.7 Å². The number of fused-ring (bicyclic) bond motifs is 2. The van der Waals surface area contributed by atoms with Crippen LogP contribution in [0.5, 0.6) is 0 Å². The normalized spacial score (nSPS) is 33.4. The summed E-state index contributed by atoms with van der Waals surface area (Å²) in [4.78, 5) is 28.8. The Labute approximate surface area is 124 Å². The molecular formula is C14H23N3O2S. The second kappa shape index (κ2) is 5.93. The van der Waals surface area contributed by atoms with Gasteiger partial charge in [0.05, 0.1) is 5.88 Å². The number of thioether (sulfide) groups is 1. The number of nitrogens with zero attached hydrogens (tertiary/aromatic N) is 2. The van der Waals surface area contributed by atoms with Crippen LogP contribution in [0.25, 0.3) is 0 Å². The van der Waals surface area contributed by atoms with E-state index in [2.05, 4.69) is 10.2 Å². The number of carbonyl (C=O) groups is 2. The van der Waals surface area contributed by atoms with Gasteiger partial charge in [0.25, 0.3) is 0 Å². The van der Waals surface area contributed by atoms with Gasteiger partial charge in [0.1, 0.15) is 6.04 Å². The molecule has 1 N–H and O–H groups in total. The first-order valence-electron chi connectivity index (χ1n) is 7.62. The Bertz CT molecular complexity index is 390. The van der Waals surface area contributed by atoms with E-state index in [9.17, 15) is 9.59 Å². The van der Waals surface area contributed by atoms with Crippen LogP contribution in [0.3, 0.4) is 0 Å². The third-order valence-electron chi connectivity index (χ3n) is 4.70. The highest BCUT2D eigenvalue weighted by atomic mass is 32.2.